The van der Waals surface area contributed by atoms with Gasteiger partial charge in [0.1, 0.15) is 0 Å². The van der Waals surface area contributed by atoms with E-state index in [1.807, 2.05) is 6.92 Å². The van der Waals surface area contributed by atoms with Crippen LogP contribution in [0.1, 0.15) is 5.69 Å². The van der Waals surface area contributed by atoms with E-state index >= 15 is 0 Å². The molecule has 80 valence electrons. The van der Waals surface area contributed by atoms with Crippen LogP contribution < -0.4 is 0 Å². The molecule has 3 aromatic carbocycles. The van der Waals surface area contributed by atoms with E-state index in [9.17, 15) is 0 Å². The molecule has 1 aromatic heterocycles. The van der Waals surface area contributed by atoms with Gasteiger partial charge in [0.15, 0.2) is 0 Å². The standard InChI is InChI=1S/C15H10N2/c1-9-12-7-5-10-3-2-4-11-6-8-13(17-16-9)15(12)14(10)11/h2-8H,1H3. The lowest BCUT2D eigenvalue weighted by molar-refractivity contribution is 1.03. The summed E-state index contributed by atoms with van der Waals surface area (Å²) in [4.78, 5) is 0. The first-order valence-electron chi connectivity index (χ1n) is 5.71. The fourth-order valence-corrected chi connectivity index (χ4v) is 2.63. The second-order valence-corrected chi connectivity index (χ2v) is 4.44. The Bertz CT molecular complexity index is 833. The molecule has 0 atom stereocenters. The van der Waals surface area contributed by atoms with Crippen molar-refractivity contribution in [2.24, 2.45) is 0 Å². The Morgan fingerprint density at radius 2 is 1.53 bits per heavy atom. The largest absolute Gasteiger partial charge is 0.155 e. The predicted molar refractivity (Wildman–Crippen MR) is 70.5 cm³/mol. The maximum absolute atomic E-state index is 4.28. The molecule has 0 saturated heterocycles. The number of nitrogens with zero attached hydrogens (tertiary/aromatic N) is 2. The lowest BCUT2D eigenvalue weighted by Gasteiger charge is -2.10. The molecular weight excluding hydrogens is 208 g/mol. The van der Waals surface area contributed by atoms with Gasteiger partial charge < -0.3 is 0 Å². The molecule has 1 heterocycles. The molecule has 0 saturated carbocycles. The van der Waals surface area contributed by atoms with Gasteiger partial charge in [0.05, 0.1) is 11.2 Å². The lowest BCUT2D eigenvalue weighted by Crippen LogP contribution is -1.92. The highest BCUT2D eigenvalue weighted by Crippen LogP contribution is 2.33. The van der Waals surface area contributed by atoms with Gasteiger partial charge in [-0.3, -0.25) is 0 Å². The van der Waals surface area contributed by atoms with Crippen LogP contribution in [0.4, 0.5) is 0 Å². The van der Waals surface area contributed by atoms with Crippen molar-refractivity contribution in [3.63, 3.8) is 0 Å². The van der Waals surface area contributed by atoms with Crippen LogP contribution in [0, 0.1) is 6.92 Å². The van der Waals surface area contributed by atoms with Crippen LogP contribution in [-0.2, 0) is 0 Å². The molecule has 2 nitrogen and oxygen atoms in total. The second-order valence-electron chi connectivity index (χ2n) is 4.44. The summed E-state index contributed by atoms with van der Waals surface area (Å²) in [6.07, 6.45) is 0. The Morgan fingerprint density at radius 3 is 2.35 bits per heavy atom. The van der Waals surface area contributed by atoms with E-state index in [2.05, 4.69) is 52.7 Å². The van der Waals surface area contributed by atoms with E-state index in [0.717, 1.165) is 11.2 Å². The van der Waals surface area contributed by atoms with Crippen LogP contribution in [0.15, 0.2) is 42.5 Å². The summed E-state index contributed by atoms with van der Waals surface area (Å²) >= 11 is 0. The molecule has 0 fully saturated rings. The van der Waals surface area contributed by atoms with Crippen molar-refractivity contribution in [2.45, 2.75) is 6.92 Å². The summed E-state index contributed by atoms with van der Waals surface area (Å²) in [5, 5.41) is 14.8. The molecule has 4 aromatic rings. The van der Waals surface area contributed by atoms with Gasteiger partial charge in [-0.1, -0.05) is 36.4 Å². The van der Waals surface area contributed by atoms with Crippen LogP contribution >= 0.6 is 0 Å². The molecule has 0 amide bonds. The molecule has 0 aliphatic rings. The normalized spacial score (nSPS) is 11.8. The Labute approximate surface area is 98.2 Å². The van der Waals surface area contributed by atoms with Crippen LogP contribution in [0.3, 0.4) is 0 Å². The minimum absolute atomic E-state index is 0.981. The zero-order valence-electron chi connectivity index (χ0n) is 9.44. The van der Waals surface area contributed by atoms with Gasteiger partial charge in [0.25, 0.3) is 0 Å². The first kappa shape index (κ1) is 8.88. The zero-order valence-corrected chi connectivity index (χ0v) is 9.44. The van der Waals surface area contributed by atoms with Crippen LogP contribution in [0.5, 0.6) is 0 Å². The molecular formula is C15H10N2. The van der Waals surface area contributed by atoms with Gasteiger partial charge in [-0.15, -0.1) is 0 Å². The molecule has 0 aliphatic heterocycles. The van der Waals surface area contributed by atoms with Gasteiger partial charge in [0, 0.05) is 10.8 Å². The van der Waals surface area contributed by atoms with Gasteiger partial charge in [-0.2, -0.15) is 10.2 Å². The van der Waals surface area contributed by atoms with Crippen molar-refractivity contribution < 1.29 is 0 Å². The number of aromatic nitrogens is 2. The quantitative estimate of drug-likeness (QED) is 0.421. The summed E-state index contributed by atoms with van der Waals surface area (Å²) < 4.78 is 0. The number of hydrogen-bond donors (Lipinski definition) is 0. The third-order valence-corrected chi connectivity index (χ3v) is 3.45. The molecule has 2 heteroatoms. The van der Waals surface area contributed by atoms with E-state index in [1.54, 1.807) is 0 Å². The molecule has 0 radical (unpaired) electrons. The SMILES string of the molecule is Cc1nnc2ccc3cccc4ccc1c2c34. The third kappa shape index (κ3) is 1.04. The van der Waals surface area contributed by atoms with E-state index in [-0.39, 0.29) is 0 Å². The highest BCUT2D eigenvalue weighted by atomic mass is 15.1. The van der Waals surface area contributed by atoms with Crippen LogP contribution in [0.2, 0.25) is 0 Å². The molecule has 0 bridgehead atoms. The van der Waals surface area contributed by atoms with E-state index in [0.29, 0.717) is 0 Å². The van der Waals surface area contributed by atoms with Crippen molar-refractivity contribution in [3.8, 4) is 0 Å². The number of aryl methyl sites for hydroxylation is 1. The van der Waals surface area contributed by atoms with E-state index in [4.69, 9.17) is 0 Å². The van der Waals surface area contributed by atoms with E-state index < -0.39 is 0 Å². The smallest absolute Gasteiger partial charge is 0.0942 e. The minimum atomic E-state index is 0.981. The van der Waals surface area contributed by atoms with E-state index in [1.165, 1.54) is 26.9 Å². The average molecular weight is 218 g/mol. The Kier molecular flexibility index (Phi) is 1.52. The maximum atomic E-state index is 4.28. The molecule has 0 N–H and O–H groups in total. The van der Waals surface area contributed by atoms with Gasteiger partial charge >= 0.3 is 0 Å². The van der Waals surface area contributed by atoms with Crippen molar-refractivity contribution >= 4 is 32.4 Å². The zero-order chi connectivity index (χ0) is 11.4. The summed E-state index contributed by atoms with van der Waals surface area (Å²) in [6.45, 7) is 2.01. The van der Waals surface area contributed by atoms with Gasteiger partial charge in [0.2, 0.25) is 0 Å². The first-order valence-corrected chi connectivity index (χ1v) is 5.71. The van der Waals surface area contributed by atoms with Gasteiger partial charge in [-0.05, 0) is 29.1 Å². The average Bonchev–Trinajstić information content (AvgIpc) is 2.38. The molecule has 0 aliphatic carbocycles. The molecule has 4 rings (SSSR count). The van der Waals surface area contributed by atoms with Crippen molar-refractivity contribution in [2.75, 3.05) is 0 Å². The summed E-state index contributed by atoms with van der Waals surface area (Å²) in [7, 11) is 0. The second kappa shape index (κ2) is 2.92. The molecule has 0 unspecified atom stereocenters. The Balaban J connectivity index is 2.48. The summed E-state index contributed by atoms with van der Waals surface area (Å²) in [5.41, 5.74) is 1.98. The highest BCUT2D eigenvalue weighted by molar-refractivity contribution is 6.22. The molecule has 17 heavy (non-hydrogen) atoms. The van der Waals surface area contributed by atoms with Crippen molar-refractivity contribution in [1.29, 1.82) is 0 Å². The molecule has 0 spiro atoms. The lowest BCUT2D eigenvalue weighted by atomic mass is 9.96. The number of rotatable bonds is 0. The predicted octanol–water partition coefficient (Wildman–Crippen LogP) is 3.68. The first-order chi connectivity index (χ1) is 8.34. The Hall–Kier alpha value is -2.22. The minimum Gasteiger partial charge on any atom is -0.155 e. The van der Waals surface area contributed by atoms with Gasteiger partial charge in [-0.25, -0.2) is 0 Å². The fourth-order valence-electron chi connectivity index (χ4n) is 2.63. The topological polar surface area (TPSA) is 25.8 Å². The summed E-state index contributed by atoms with van der Waals surface area (Å²) in [6, 6.07) is 14.9. The monoisotopic (exact) mass is 218 g/mol. The Morgan fingerprint density at radius 1 is 0.765 bits per heavy atom. The fraction of sp³-hybridized carbons (Fsp3) is 0.0667. The van der Waals surface area contributed by atoms with Crippen LogP contribution in [0.25, 0.3) is 32.4 Å². The maximum Gasteiger partial charge on any atom is 0.0942 e. The number of hydrogen-bond acceptors (Lipinski definition) is 2. The van der Waals surface area contributed by atoms with Crippen molar-refractivity contribution in [1.82, 2.24) is 10.2 Å². The summed E-state index contributed by atoms with van der Waals surface area (Å²) in [5.74, 6) is 0. The number of benzene rings is 3. The highest BCUT2D eigenvalue weighted by Gasteiger charge is 2.10. The third-order valence-electron chi connectivity index (χ3n) is 3.45. The van der Waals surface area contributed by atoms with Crippen LogP contribution in [-0.4, -0.2) is 10.2 Å². The van der Waals surface area contributed by atoms with Crippen molar-refractivity contribution in [3.05, 3.63) is 48.2 Å².